The average Bonchev–Trinajstić information content (AvgIpc) is 2.57. The highest BCUT2D eigenvalue weighted by Gasteiger charge is 2.25. The van der Waals surface area contributed by atoms with E-state index in [1.807, 2.05) is 0 Å². The molecule has 3 rings (SSSR count). The van der Waals surface area contributed by atoms with Gasteiger partial charge in [-0.3, -0.25) is 9.58 Å². The normalized spacial score (nSPS) is 21.2. The van der Waals surface area contributed by atoms with Crippen molar-refractivity contribution in [1.82, 2.24) is 14.7 Å². The third kappa shape index (κ3) is 1.64. The zero-order chi connectivity index (χ0) is 11.0. The largest absolute Gasteiger partial charge is 0.285 e. The quantitative estimate of drug-likeness (QED) is 0.699. The van der Waals surface area contributed by atoms with Gasteiger partial charge in [0.15, 0.2) is 0 Å². The van der Waals surface area contributed by atoms with E-state index in [1.165, 1.54) is 30.7 Å². The molecule has 16 heavy (non-hydrogen) atoms. The fourth-order valence-electron chi connectivity index (χ4n) is 2.51. The van der Waals surface area contributed by atoms with E-state index in [1.54, 1.807) is 0 Å². The molecule has 0 unspecified atom stereocenters. The van der Waals surface area contributed by atoms with Gasteiger partial charge in [0.25, 0.3) is 0 Å². The predicted octanol–water partition coefficient (Wildman–Crippen LogP) is 1.60. The van der Waals surface area contributed by atoms with Crippen LogP contribution in [0.25, 0.3) is 0 Å². The van der Waals surface area contributed by atoms with E-state index < -0.39 is 0 Å². The van der Waals surface area contributed by atoms with Crippen LogP contribution in [0.15, 0.2) is 6.07 Å². The molecule has 0 saturated heterocycles. The number of nitrogens with zero attached hydrogens (tertiary/aromatic N) is 3. The highest BCUT2D eigenvalue weighted by molar-refractivity contribution is 5.17. The van der Waals surface area contributed by atoms with Crippen LogP contribution in [0.3, 0.4) is 0 Å². The zero-order valence-corrected chi connectivity index (χ0v) is 9.52. The molecular formula is C13H17N3. The molecule has 3 heteroatoms. The smallest absolute Gasteiger partial charge is 0.0658 e. The number of hydrogen-bond acceptors (Lipinski definition) is 2. The van der Waals surface area contributed by atoms with Gasteiger partial charge in [-0.05, 0) is 18.9 Å². The third-order valence-corrected chi connectivity index (χ3v) is 3.73. The molecular weight excluding hydrogens is 198 g/mol. The molecule has 2 aliphatic rings. The Morgan fingerprint density at radius 1 is 1.44 bits per heavy atom. The van der Waals surface area contributed by atoms with Gasteiger partial charge in [-0.15, -0.1) is 6.42 Å². The maximum absolute atomic E-state index is 5.35. The molecule has 0 atom stereocenters. The number of terminal acetylenes is 1. The van der Waals surface area contributed by atoms with E-state index in [9.17, 15) is 0 Å². The standard InChI is InChI=1S/C13H17N3/c1-2-6-15-7-8-16-12(10-15)9-13(14-16)11-4-3-5-11/h1,9,11H,3-8,10H2. The summed E-state index contributed by atoms with van der Waals surface area (Å²) < 4.78 is 2.17. The molecule has 0 N–H and O–H groups in total. The van der Waals surface area contributed by atoms with Crippen molar-refractivity contribution in [3.05, 3.63) is 17.5 Å². The van der Waals surface area contributed by atoms with E-state index in [0.717, 1.165) is 32.1 Å². The Labute approximate surface area is 96.4 Å². The highest BCUT2D eigenvalue weighted by Crippen LogP contribution is 2.36. The lowest BCUT2D eigenvalue weighted by Crippen LogP contribution is -2.34. The molecule has 0 spiro atoms. The summed E-state index contributed by atoms with van der Waals surface area (Å²) in [6.07, 6.45) is 9.37. The van der Waals surface area contributed by atoms with Crippen LogP contribution in [-0.2, 0) is 13.1 Å². The fourth-order valence-corrected chi connectivity index (χ4v) is 2.51. The van der Waals surface area contributed by atoms with E-state index in [0.29, 0.717) is 0 Å². The minimum Gasteiger partial charge on any atom is -0.285 e. The fraction of sp³-hybridized carbons (Fsp3) is 0.615. The summed E-state index contributed by atoms with van der Waals surface area (Å²) in [6, 6.07) is 2.28. The summed E-state index contributed by atoms with van der Waals surface area (Å²) in [6.45, 7) is 3.74. The predicted molar refractivity (Wildman–Crippen MR) is 62.9 cm³/mol. The Bertz CT molecular complexity index is 423. The lowest BCUT2D eigenvalue weighted by atomic mass is 9.83. The summed E-state index contributed by atoms with van der Waals surface area (Å²) in [7, 11) is 0. The number of fused-ring (bicyclic) bond motifs is 1. The Hall–Kier alpha value is -1.27. The molecule has 0 radical (unpaired) electrons. The first-order chi connectivity index (χ1) is 7.86. The minimum absolute atomic E-state index is 0.735. The van der Waals surface area contributed by atoms with E-state index in [4.69, 9.17) is 11.5 Å². The second kappa shape index (κ2) is 3.95. The molecule has 1 aliphatic carbocycles. The second-order valence-electron chi connectivity index (χ2n) is 4.83. The van der Waals surface area contributed by atoms with Gasteiger partial charge < -0.3 is 0 Å². The summed E-state index contributed by atoms with van der Waals surface area (Å²) in [5.41, 5.74) is 2.65. The first kappa shape index (κ1) is 9.92. The zero-order valence-electron chi connectivity index (χ0n) is 9.52. The van der Waals surface area contributed by atoms with E-state index in [2.05, 4.69) is 21.6 Å². The van der Waals surface area contributed by atoms with Gasteiger partial charge in [-0.1, -0.05) is 12.3 Å². The van der Waals surface area contributed by atoms with Crippen molar-refractivity contribution in [2.75, 3.05) is 13.1 Å². The van der Waals surface area contributed by atoms with Gasteiger partial charge in [-0.25, -0.2) is 0 Å². The molecule has 2 heterocycles. The maximum atomic E-state index is 5.35. The average molecular weight is 215 g/mol. The maximum Gasteiger partial charge on any atom is 0.0658 e. The molecule has 0 amide bonds. The Kier molecular flexibility index (Phi) is 2.45. The number of rotatable bonds is 2. The molecule has 1 aromatic rings. The first-order valence-corrected chi connectivity index (χ1v) is 6.09. The lowest BCUT2D eigenvalue weighted by molar-refractivity contribution is 0.237. The van der Waals surface area contributed by atoms with Crippen molar-refractivity contribution in [2.24, 2.45) is 0 Å². The van der Waals surface area contributed by atoms with Crippen molar-refractivity contribution in [3.8, 4) is 12.3 Å². The molecule has 1 aromatic heterocycles. The molecule has 1 fully saturated rings. The van der Waals surface area contributed by atoms with Crippen LogP contribution >= 0.6 is 0 Å². The Morgan fingerprint density at radius 3 is 3.00 bits per heavy atom. The summed E-state index contributed by atoms with van der Waals surface area (Å²) in [5, 5.41) is 4.71. The van der Waals surface area contributed by atoms with Crippen molar-refractivity contribution in [3.63, 3.8) is 0 Å². The van der Waals surface area contributed by atoms with Gasteiger partial charge in [0.05, 0.1) is 24.5 Å². The molecule has 0 bridgehead atoms. The number of hydrogen-bond donors (Lipinski definition) is 0. The highest BCUT2D eigenvalue weighted by atomic mass is 15.3. The first-order valence-electron chi connectivity index (χ1n) is 6.09. The van der Waals surface area contributed by atoms with Crippen molar-refractivity contribution >= 4 is 0 Å². The van der Waals surface area contributed by atoms with Crippen molar-refractivity contribution in [1.29, 1.82) is 0 Å². The summed E-state index contributed by atoms with van der Waals surface area (Å²) in [5.74, 6) is 3.45. The monoisotopic (exact) mass is 215 g/mol. The molecule has 84 valence electrons. The summed E-state index contributed by atoms with van der Waals surface area (Å²) in [4.78, 5) is 2.31. The van der Waals surface area contributed by atoms with Crippen LogP contribution in [0.1, 0.15) is 36.6 Å². The van der Waals surface area contributed by atoms with Gasteiger partial charge in [-0.2, -0.15) is 5.10 Å². The second-order valence-corrected chi connectivity index (χ2v) is 4.83. The minimum atomic E-state index is 0.735. The van der Waals surface area contributed by atoms with Crippen molar-refractivity contribution < 1.29 is 0 Å². The van der Waals surface area contributed by atoms with Gasteiger partial charge in [0.2, 0.25) is 0 Å². The summed E-state index contributed by atoms with van der Waals surface area (Å²) >= 11 is 0. The Balaban J connectivity index is 1.77. The van der Waals surface area contributed by atoms with Gasteiger partial charge in [0, 0.05) is 19.0 Å². The molecule has 0 aromatic carbocycles. The van der Waals surface area contributed by atoms with Crippen LogP contribution < -0.4 is 0 Å². The molecule has 1 aliphatic heterocycles. The SMILES string of the molecule is C#CCN1CCn2nc(C3CCC3)cc2C1. The van der Waals surface area contributed by atoms with Crippen LogP contribution in [0.5, 0.6) is 0 Å². The van der Waals surface area contributed by atoms with Gasteiger partial charge >= 0.3 is 0 Å². The van der Waals surface area contributed by atoms with Crippen LogP contribution in [-0.4, -0.2) is 27.8 Å². The van der Waals surface area contributed by atoms with Crippen LogP contribution in [0.4, 0.5) is 0 Å². The van der Waals surface area contributed by atoms with E-state index in [-0.39, 0.29) is 0 Å². The van der Waals surface area contributed by atoms with Crippen molar-refractivity contribution in [2.45, 2.75) is 38.3 Å². The van der Waals surface area contributed by atoms with E-state index >= 15 is 0 Å². The van der Waals surface area contributed by atoms with Crippen LogP contribution in [0.2, 0.25) is 0 Å². The molecule has 1 saturated carbocycles. The van der Waals surface area contributed by atoms with Crippen LogP contribution in [0, 0.1) is 12.3 Å². The Morgan fingerprint density at radius 2 is 2.31 bits per heavy atom. The lowest BCUT2D eigenvalue weighted by Gasteiger charge is -2.25. The van der Waals surface area contributed by atoms with Gasteiger partial charge in [0.1, 0.15) is 0 Å². The third-order valence-electron chi connectivity index (χ3n) is 3.73. The molecule has 3 nitrogen and oxygen atoms in total. The topological polar surface area (TPSA) is 21.1 Å². The number of aromatic nitrogens is 2.